The lowest BCUT2D eigenvalue weighted by Gasteiger charge is -2.51. The zero-order chi connectivity index (χ0) is 23.9. The first-order valence-electron chi connectivity index (χ1n) is 11.9. The lowest BCUT2D eigenvalue weighted by atomic mass is 9.93. The van der Waals surface area contributed by atoms with Crippen LogP contribution in [-0.2, 0) is 14.4 Å². The van der Waals surface area contributed by atoms with Crippen molar-refractivity contribution in [2.75, 3.05) is 6.54 Å². The number of carboxylic acids is 3. The molecule has 0 aliphatic heterocycles. The van der Waals surface area contributed by atoms with E-state index in [4.69, 9.17) is 0 Å². The van der Waals surface area contributed by atoms with Crippen LogP contribution in [0.4, 0.5) is 0 Å². The Bertz CT molecular complexity index is 519. The van der Waals surface area contributed by atoms with Gasteiger partial charge in [0.2, 0.25) is 0 Å². The first-order chi connectivity index (χ1) is 14.7. The molecule has 0 aromatic heterocycles. The van der Waals surface area contributed by atoms with Gasteiger partial charge < -0.3 is 20.1 Å². The van der Waals surface area contributed by atoms with Gasteiger partial charge in [-0.3, -0.25) is 4.48 Å². The molecule has 0 amide bonds. The Morgan fingerprint density at radius 1 is 0.742 bits per heavy atom. The summed E-state index contributed by atoms with van der Waals surface area (Å²) >= 11 is 0. The molecule has 3 atom stereocenters. The van der Waals surface area contributed by atoms with Gasteiger partial charge in [-0.1, -0.05) is 59.1 Å². The van der Waals surface area contributed by atoms with Crippen LogP contribution in [0.5, 0.6) is 0 Å². The maximum atomic E-state index is 12.1. The average Bonchev–Trinajstić information content (AvgIpc) is 2.69. The van der Waals surface area contributed by atoms with Crippen LogP contribution in [0.3, 0.4) is 0 Å². The van der Waals surface area contributed by atoms with Gasteiger partial charge >= 0.3 is 11.9 Å². The Balaban J connectivity index is 5.47. The van der Waals surface area contributed by atoms with Crippen LogP contribution in [-0.4, -0.2) is 57.3 Å². The molecule has 0 aromatic rings. The van der Waals surface area contributed by atoms with Crippen molar-refractivity contribution in [3.8, 4) is 0 Å². The third kappa shape index (κ3) is 8.63. The summed E-state index contributed by atoms with van der Waals surface area (Å²) in [4.78, 5) is 36.3. The van der Waals surface area contributed by atoms with Gasteiger partial charge in [-0.05, 0) is 32.1 Å². The summed E-state index contributed by atoms with van der Waals surface area (Å²) in [5, 5.41) is 31.8. The fourth-order valence-electron chi connectivity index (χ4n) is 4.90. The highest BCUT2D eigenvalue weighted by molar-refractivity contribution is 5.77. The summed E-state index contributed by atoms with van der Waals surface area (Å²) in [6.45, 7) is 7.33. The molecular formula is C24H43NO6. The first kappa shape index (κ1) is 29.1. The van der Waals surface area contributed by atoms with E-state index < -0.39 is 40.5 Å². The van der Waals surface area contributed by atoms with Gasteiger partial charge in [0.15, 0.2) is 12.1 Å². The summed E-state index contributed by atoms with van der Waals surface area (Å²) in [6, 6.07) is -3.38. The van der Waals surface area contributed by atoms with Gasteiger partial charge in [0.05, 0.1) is 12.5 Å². The summed E-state index contributed by atoms with van der Waals surface area (Å²) in [5.41, 5.74) is 0. The number of carboxylic acid groups (broad SMARTS) is 3. The monoisotopic (exact) mass is 441 g/mol. The first-order valence-corrected chi connectivity index (χ1v) is 11.9. The molecule has 0 fully saturated rings. The van der Waals surface area contributed by atoms with E-state index in [1.807, 2.05) is 0 Å². The zero-order valence-corrected chi connectivity index (χ0v) is 19.8. The molecule has 0 aliphatic rings. The van der Waals surface area contributed by atoms with E-state index in [1.165, 1.54) is 0 Å². The minimum atomic E-state index is -1.37. The molecule has 0 rings (SSSR count). The lowest BCUT2D eigenvalue weighted by Crippen LogP contribution is -2.73. The molecule has 0 saturated heterocycles. The molecule has 3 unspecified atom stereocenters. The Morgan fingerprint density at radius 3 is 1.58 bits per heavy atom. The van der Waals surface area contributed by atoms with Crippen molar-refractivity contribution in [2.45, 2.75) is 116 Å². The fraction of sp³-hybridized carbons (Fsp3) is 0.792. The second-order valence-corrected chi connectivity index (χ2v) is 8.28. The van der Waals surface area contributed by atoms with Crippen LogP contribution in [0.25, 0.3) is 0 Å². The maximum Gasteiger partial charge on any atom is 0.362 e. The van der Waals surface area contributed by atoms with Crippen molar-refractivity contribution in [3.05, 3.63) is 12.2 Å². The molecule has 0 aliphatic carbocycles. The van der Waals surface area contributed by atoms with Crippen LogP contribution >= 0.6 is 0 Å². The maximum absolute atomic E-state index is 12.1. The third-order valence-electron chi connectivity index (χ3n) is 6.31. The molecule has 7 nitrogen and oxygen atoms in total. The second-order valence-electron chi connectivity index (χ2n) is 8.28. The number of quaternary nitrogens is 1. The largest absolute Gasteiger partial charge is 0.544 e. The molecule has 2 N–H and O–H groups in total. The quantitative estimate of drug-likeness (QED) is 0.179. The van der Waals surface area contributed by atoms with Crippen molar-refractivity contribution in [2.24, 2.45) is 0 Å². The molecule has 0 heterocycles. The molecule has 0 radical (unpaired) electrons. The number of carbonyl (C=O) groups is 3. The summed E-state index contributed by atoms with van der Waals surface area (Å²) in [7, 11) is 0. The highest BCUT2D eigenvalue weighted by atomic mass is 16.4. The summed E-state index contributed by atoms with van der Waals surface area (Å²) in [6.07, 6.45) is 12.6. The SMILES string of the molecule is CC/C=C/CCCCCCCC[N+](C(CC)C(=O)[O-])(C(CC)C(=O)O)C(CC)C(=O)O. The van der Waals surface area contributed by atoms with E-state index in [0.717, 1.165) is 44.9 Å². The standard InChI is InChI=1S/C24H43NO6/c1-5-9-10-11-12-13-14-15-16-17-18-25(19(6-2)22(26)27,20(7-3)23(28)29)21(8-4)24(30)31/h9-10,19-21H,5-8,11-18H2,1-4H3,(H2-,26,27,28,29,30,31)/b10-9+. The minimum absolute atomic E-state index is 0.126. The number of allylic oxidation sites excluding steroid dienone is 2. The van der Waals surface area contributed by atoms with Crippen LogP contribution < -0.4 is 5.11 Å². The van der Waals surface area contributed by atoms with Crippen LogP contribution in [0.1, 0.15) is 98.3 Å². The van der Waals surface area contributed by atoms with Crippen molar-refractivity contribution < 1.29 is 34.2 Å². The molecule has 0 spiro atoms. The molecule has 0 bridgehead atoms. The smallest absolute Gasteiger partial charge is 0.362 e. The fourth-order valence-corrected chi connectivity index (χ4v) is 4.90. The highest BCUT2D eigenvalue weighted by Gasteiger charge is 2.53. The van der Waals surface area contributed by atoms with E-state index in [1.54, 1.807) is 20.8 Å². The van der Waals surface area contributed by atoms with Gasteiger partial charge in [0, 0.05) is 19.3 Å². The topological polar surface area (TPSA) is 115 Å². The Hall–Kier alpha value is -1.89. The van der Waals surface area contributed by atoms with Gasteiger partial charge in [0.25, 0.3) is 0 Å². The summed E-state index contributed by atoms with van der Waals surface area (Å²) in [5.74, 6) is -3.67. The average molecular weight is 442 g/mol. The Labute approximate surface area is 187 Å². The van der Waals surface area contributed by atoms with E-state index in [9.17, 15) is 29.7 Å². The molecule has 0 aromatic carbocycles. The number of hydrogen-bond acceptors (Lipinski definition) is 4. The van der Waals surface area contributed by atoms with Crippen molar-refractivity contribution in [1.82, 2.24) is 0 Å². The van der Waals surface area contributed by atoms with Crippen LogP contribution in [0.2, 0.25) is 0 Å². The molecule has 0 saturated carbocycles. The zero-order valence-electron chi connectivity index (χ0n) is 19.8. The molecule has 180 valence electrons. The number of carbonyl (C=O) groups excluding carboxylic acids is 1. The predicted molar refractivity (Wildman–Crippen MR) is 119 cm³/mol. The molecule has 7 heteroatoms. The highest BCUT2D eigenvalue weighted by Crippen LogP contribution is 2.32. The van der Waals surface area contributed by atoms with Gasteiger partial charge in [-0.25, -0.2) is 9.59 Å². The molecular weight excluding hydrogens is 398 g/mol. The van der Waals surface area contributed by atoms with Crippen molar-refractivity contribution >= 4 is 17.9 Å². The second kappa shape index (κ2) is 15.8. The number of rotatable bonds is 19. The lowest BCUT2D eigenvalue weighted by molar-refractivity contribution is -0.974. The van der Waals surface area contributed by atoms with Crippen LogP contribution in [0, 0.1) is 0 Å². The normalized spacial score (nSPS) is 16.5. The van der Waals surface area contributed by atoms with E-state index in [0.29, 0.717) is 6.42 Å². The Kier molecular flexibility index (Phi) is 14.9. The Morgan fingerprint density at radius 2 is 1.19 bits per heavy atom. The van der Waals surface area contributed by atoms with Gasteiger partial charge in [-0.2, -0.15) is 0 Å². The van der Waals surface area contributed by atoms with Crippen molar-refractivity contribution in [3.63, 3.8) is 0 Å². The number of hydrogen-bond donors (Lipinski definition) is 2. The third-order valence-corrected chi connectivity index (χ3v) is 6.31. The van der Waals surface area contributed by atoms with E-state index in [2.05, 4.69) is 19.1 Å². The minimum Gasteiger partial charge on any atom is -0.544 e. The summed E-state index contributed by atoms with van der Waals surface area (Å²) < 4.78 is -0.474. The predicted octanol–water partition coefficient (Wildman–Crippen LogP) is 3.76. The van der Waals surface area contributed by atoms with Gasteiger partial charge in [-0.15, -0.1) is 0 Å². The number of unbranched alkanes of at least 4 members (excludes halogenated alkanes) is 6. The van der Waals surface area contributed by atoms with Crippen LogP contribution in [0.15, 0.2) is 12.2 Å². The number of aliphatic carboxylic acids is 3. The van der Waals surface area contributed by atoms with Gasteiger partial charge in [0.1, 0.15) is 6.04 Å². The van der Waals surface area contributed by atoms with E-state index >= 15 is 0 Å². The molecule has 31 heavy (non-hydrogen) atoms. The van der Waals surface area contributed by atoms with E-state index in [-0.39, 0.29) is 25.8 Å². The van der Waals surface area contributed by atoms with Crippen molar-refractivity contribution in [1.29, 1.82) is 0 Å². The number of nitrogens with zero attached hydrogens (tertiary/aromatic N) is 1.